The molecular formula is C18H22O. The topological polar surface area (TPSA) is 20.2 Å². The molecule has 0 unspecified atom stereocenters. The molecule has 0 aliphatic rings. The number of hydrogen-bond acceptors (Lipinski definition) is 1. The summed E-state index contributed by atoms with van der Waals surface area (Å²) in [5.41, 5.74) is 4.28. The van der Waals surface area contributed by atoms with Gasteiger partial charge in [-0.25, -0.2) is 0 Å². The van der Waals surface area contributed by atoms with E-state index in [-0.39, 0.29) is 0 Å². The maximum atomic E-state index is 8.87. The number of aliphatic hydroxyl groups excluding tert-OH is 1. The summed E-state index contributed by atoms with van der Waals surface area (Å²) in [4.78, 5) is 0. The molecule has 0 bridgehead atoms. The van der Waals surface area contributed by atoms with Crippen LogP contribution in [0, 0.1) is 0 Å². The fourth-order valence-corrected chi connectivity index (χ4v) is 2.40. The van der Waals surface area contributed by atoms with Gasteiger partial charge in [0.25, 0.3) is 0 Å². The summed E-state index contributed by atoms with van der Waals surface area (Å²) in [7, 11) is 0. The second-order valence-corrected chi connectivity index (χ2v) is 4.94. The largest absolute Gasteiger partial charge is 0.396 e. The molecule has 0 aliphatic heterocycles. The van der Waals surface area contributed by atoms with E-state index in [1.807, 2.05) is 0 Å². The molecule has 1 N–H and O–H groups in total. The SMILES string of the molecule is OCCCCc1ccccc1CCc1ccccc1. The third kappa shape index (κ3) is 4.53. The Bertz CT molecular complexity index is 476. The van der Waals surface area contributed by atoms with E-state index in [1.54, 1.807) is 0 Å². The monoisotopic (exact) mass is 254 g/mol. The minimum Gasteiger partial charge on any atom is -0.396 e. The first-order valence-electron chi connectivity index (χ1n) is 7.11. The van der Waals surface area contributed by atoms with E-state index in [0.717, 1.165) is 32.1 Å². The number of unbranched alkanes of at least 4 members (excludes halogenated alkanes) is 1. The fourth-order valence-electron chi connectivity index (χ4n) is 2.40. The van der Waals surface area contributed by atoms with E-state index in [2.05, 4.69) is 54.6 Å². The quantitative estimate of drug-likeness (QED) is 0.745. The van der Waals surface area contributed by atoms with Gasteiger partial charge >= 0.3 is 0 Å². The van der Waals surface area contributed by atoms with Crippen molar-refractivity contribution in [2.45, 2.75) is 32.1 Å². The van der Waals surface area contributed by atoms with Crippen LogP contribution in [0.2, 0.25) is 0 Å². The van der Waals surface area contributed by atoms with Crippen molar-refractivity contribution in [3.05, 3.63) is 71.3 Å². The molecule has 0 amide bonds. The second kappa shape index (κ2) is 7.75. The first-order chi connectivity index (χ1) is 9.40. The number of hydrogen-bond donors (Lipinski definition) is 1. The van der Waals surface area contributed by atoms with Crippen molar-refractivity contribution in [3.8, 4) is 0 Å². The molecule has 0 saturated carbocycles. The Morgan fingerprint density at radius 3 is 1.95 bits per heavy atom. The van der Waals surface area contributed by atoms with Crippen LogP contribution in [0.15, 0.2) is 54.6 Å². The van der Waals surface area contributed by atoms with Crippen molar-refractivity contribution in [1.82, 2.24) is 0 Å². The van der Waals surface area contributed by atoms with Crippen LogP contribution in [-0.4, -0.2) is 11.7 Å². The van der Waals surface area contributed by atoms with Crippen LogP contribution in [-0.2, 0) is 19.3 Å². The second-order valence-electron chi connectivity index (χ2n) is 4.94. The number of aliphatic hydroxyl groups is 1. The molecule has 0 saturated heterocycles. The van der Waals surface area contributed by atoms with Crippen LogP contribution >= 0.6 is 0 Å². The molecule has 2 rings (SSSR count). The molecule has 0 fully saturated rings. The first-order valence-corrected chi connectivity index (χ1v) is 7.11. The lowest BCUT2D eigenvalue weighted by Gasteiger charge is -2.09. The summed E-state index contributed by atoms with van der Waals surface area (Å²) in [5, 5.41) is 8.87. The van der Waals surface area contributed by atoms with Crippen molar-refractivity contribution < 1.29 is 5.11 Å². The molecule has 1 nitrogen and oxygen atoms in total. The number of rotatable bonds is 7. The highest BCUT2D eigenvalue weighted by molar-refractivity contribution is 5.28. The minimum absolute atomic E-state index is 0.298. The van der Waals surface area contributed by atoms with Crippen molar-refractivity contribution in [1.29, 1.82) is 0 Å². The Hall–Kier alpha value is -1.60. The summed E-state index contributed by atoms with van der Waals surface area (Å²) in [6.07, 6.45) is 5.23. The highest BCUT2D eigenvalue weighted by Gasteiger charge is 2.02. The molecule has 19 heavy (non-hydrogen) atoms. The lowest BCUT2D eigenvalue weighted by atomic mass is 9.97. The highest BCUT2D eigenvalue weighted by Crippen LogP contribution is 2.15. The van der Waals surface area contributed by atoms with Crippen LogP contribution in [0.5, 0.6) is 0 Å². The zero-order valence-electron chi connectivity index (χ0n) is 11.4. The Kier molecular flexibility index (Phi) is 5.64. The van der Waals surface area contributed by atoms with E-state index in [0.29, 0.717) is 6.61 Å². The molecule has 0 heterocycles. The lowest BCUT2D eigenvalue weighted by Crippen LogP contribution is -1.98. The van der Waals surface area contributed by atoms with E-state index in [4.69, 9.17) is 5.11 Å². The molecule has 100 valence electrons. The van der Waals surface area contributed by atoms with Crippen molar-refractivity contribution in [2.24, 2.45) is 0 Å². The van der Waals surface area contributed by atoms with Crippen LogP contribution in [0.4, 0.5) is 0 Å². The van der Waals surface area contributed by atoms with E-state index in [1.165, 1.54) is 16.7 Å². The van der Waals surface area contributed by atoms with Gasteiger partial charge in [0, 0.05) is 6.61 Å². The van der Waals surface area contributed by atoms with Gasteiger partial charge in [0.1, 0.15) is 0 Å². The van der Waals surface area contributed by atoms with Gasteiger partial charge in [-0.1, -0.05) is 54.6 Å². The van der Waals surface area contributed by atoms with Gasteiger partial charge in [-0.05, 0) is 48.8 Å². The number of benzene rings is 2. The van der Waals surface area contributed by atoms with E-state index in [9.17, 15) is 0 Å². The zero-order valence-corrected chi connectivity index (χ0v) is 11.4. The third-order valence-corrected chi connectivity index (χ3v) is 3.50. The smallest absolute Gasteiger partial charge is 0.0431 e. The van der Waals surface area contributed by atoms with Crippen molar-refractivity contribution >= 4 is 0 Å². The van der Waals surface area contributed by atoms with Crippen LogP contribution in [0.3, 0.4) is 0 Å². The zero-order chi connectivity index (χ0) is 13.3. The molecule has 0 spiro atoms. The van der Waals surface area contributed by atoms with Crippen molar-refractivity contribution in [3.63, 3.8) is 0 Å². The Balaban J connectivity index is 1.95. The van der Waals surface area contributed by atoms with Gasteiger partial charge in [0.15, 0.2) is 0 Å². The van der Waals surface area contributed by atoms with Crippen LogP contribution < -0.4 is 0 Å². The Morgan fingerprint density at radius 1 is 0.632 bits per heavy atom. The maximum absolute atomic E-state index is 8.87. The molecular weight excluding hydrogens is 232 g/mol. The van der Waals surface area contributed by atoms with E-state index < -0.39 is 0 Å². The highest BCUT2D eigenvalue weighted by atomic mass is 16.2. The molecule has 0 atom stereocenters. The van der Waals surface area contributed by atoms with Gasteiger partial charge in [0.2, 0.25) is 0 Å². The molecule has 1 heteroatoms. The Labute approximate surface area is 115 Å². The van der Waals surface area contributed by atoms with Gasteiger partial charge in [-0.2, -0.15) is 0 Å². The molecule has 0 radical (unpaired) electrons. The molecule has 2 aromatic carbocycles. The average molecular weight is 254 g/mol. The summed E-state index contributed by atoms with van der Waals surface area (Å²) < 4.78 is 0. The van der Waals surface area contributed by atoms with Gasteiger partial charge < -0.3 is 5.11 Å². The van der Waals surface area contributed by atoms with Crippen molar-refractivity contribution in [2.75, 3.05) is 6.61 Å². The molecule has 0 aromatic heterocycles. The Morgan fingerprint density at radius 2 is 1.26 bits per heavy atom. The van der Waals surface area contributed by atoms with Gasteiger partial charge in [-0.15, -0.1) is 0 Å². The standard InChI is InChI=1S/C18H22O/c19-15-7-6-12-17-10-4-5-11-18(17)14-13-16-8-2-1-3-9-16/h1-5,8-11,19H,6-7,12-15H2. The predicted octanol–water partition coefficient (Wildman–Crippen LogP) is 3.79. The average Bonchev–Trinajstić information content (AvgIpc) is 2.48. The van der Waals surface area contributed by atoms with Crippen LogP contribution in [0.1, 0.15) is 29.5 Å². The molecule has 0 aliphatic carbocycles. The lowest BCUT2D eigenvalue weighted by molar-refractivity contribution is 0.284. The third-order valence-electron chi connectivity index (χ3n) is 3.50. The first kappa shape index (κ1) is 13.8. The maximum Gasteiger partial charge on any atom is 0.0431 e. The van der Waals surface area contributed by atoms with Gasteiger partial charge in [-0.3, -0.25) is 0 Å². The summed E-state index contributed by atoms with van der Waals surface area (Å²) in [6, 6.07) is 19.3. The normalized spacial score (nSPS) is 10.6. The minimum atomic E-state index is 0.298. The fraction of sp³-hybridized carbons (Fsp3) is 0.333. The van der Waals surface area contributed by atoms with E-state index >= 15 is 0 Å². The van der Waals surface area contributed by atoms with Crippen LogP contribution in [0.25, 0.3) is 0 Å². The summed E-state index contributed by atoms with van der Waals surface area (Å²) in [6.45, 7) is 0.298. The predicted molar refractivity (Wildman–Crippen MR) is 80.3 cm³/mol. The van der Waals surface area contributed by atoms with Gasteiger partial charge in [0.05, 0.1) is 0 Å². The summed E-state index contributed by atoms with van der Waals surface area (Å²) in [5.74, 6) is 0. The summed E-state index contributed by atoms with van der Waals surface area (Å²) >= 11 is 0. The molecule has 2 aromatic rings. The number of aryl methyl sites for hydroxylation is 3.